The van der Waals surface area contributed by atoms with E-state index in [1.165, 1.54) is 64.2 Å². The molecular formula is C46H94O7. The van der Waals surface area contributed by atoms with Crippen molar-refractivity contribution >= 4 is 0 Å². The quantitative estimate of drug-likeness (QED) is 0.0453. The summed E-state index contributed by atoms with van der Waals surface area (Å²) in [5.74, 6) is -1.52. The normalized spacial score (nSPS) is 13.6. The van der Waals surface area contributed by atoms with Crippen LogP contribution in [0.1, 0.15) is 235 Å². The highest BCUT2D eigenvalue weighted by molar-refractivity contribution is 4.83. The van der Waals surface area contributed by atoms with Gasteiger partial charge >= 0.3 is 0 Å². The maximum atomic E-state index is 6.76. The van der Waals surface area contributed by atoms with Crippen molar-refractivity contribution in [2.75, 3.05) is 40.0 Å². The van der Waals surface area contributed by atoms with Gasteiger partial charge in [0.25, 0.3) is 0 Å². The van der Waals surface area contributed by atoms with E-state index in [9.17, 15) is 0 Å². The maximum absolute atomic E-state index is 6.76. The van der Waals surface area contributed by atoms with E-state index in [1.807, 2.05) is 0 Å². The van der Waals surface area contributed by atoms with E-state index in [4.69, 9.17) is 33.2 Å². The Balaban J connectivity index is 6.09. The Kier molecular flexibility index (Phi) is 38.4. The molecular weight excluding hydrogens is 664 g/mol. The van der Waals surface area contributed by atoms with E-state index in [2.05, 4.69) is 55.4 Å². The average Bonchev–Trinajstić information content (AvgIpc) is 3.16. The largest absolute Gasteiger partial charge is 0.347 e. The van der Waals surface area contributed by atoms with Crippen molar-refractivity contribution in [3.63, 3.8) is 0 Å². The highest BCUT2D eigenvalue weighted by Crippen LogP contribution is 2.34. The van der Waals surface area contributed by atoms with Crippen molar-refractivity contribution in [3.8, 4) is 0 Å². The second-order valence-corrected chi connectivity index (χ2v) is 15.5. The fourth-order valence-corrected chi connectivity index (χ4v) is 6.84. The van der Waals surface area contributed by atoms with E-state index < -0.39 is 11.6 Å². The van der Waals surface area contributed by atoms with Crippen LogP contribution in [-0.2, 0) is 33.2 Å². The molecule has 0 N–H and O–H groups in total. The summed E-state index contributed by atoms with van der Waals surface area (Å²) in [6, 6.07) is 0. The van der Waals surface area contributed by atoms with Crippen molar-refractivity contribution in [2.24, 2.45) is 0 Å². The predicted octanol–water partition coefficient (Wildman–Crippen LogP) is 14.2. The van der Waals surface area contributed by atoms with E-state index in [-0.39, 0.29) is 25.8 Å². The van der Waals surface area contributed by atoms with Crippen LogP contribution in [-0.4, -0.2) is 63.8 Å². The number of unbranched alkanes of at least 4 members (excludes halogenated alkanes) is 16. The topological polar surface area (TPSA) is 64.6 Å². The molecule has 2 unspecified atom stereocenters. The van der Waals surface area contributed by atoms with Crippen LogP contribution in [0.3, 0.4) is 0 Å². The van der Waals surface area contributed by atoms with Crippen LogP contribution in [0, 0.1) is 0 Å². The van der Waals surface area contributed by atoms with Gasteiger partial charge in [0.15, 0.2) is 11.6 Å². The van der Waals surface area contributed by atoms with E-state index in [1.54, 1.807) is 0 Å². The minimum absolute atomic E-state index is 0.141. The van der Waals surface area contributed by atoms with Crippen LogP contribution in [0.2, 0.25) is 0 Å². The first-order valence-electron chi connectivity index (χ1n) is 23.4. The maximum Gasteiger partial charge on any atom is 0.194 e. The van der Waals surface area contributed by atoms with Gasteiger partial charge in [0, 0.05) is 12.8 Å². The van der Waals surface area contributed by atoms with Crippen molar-refractivity contribution in [3.05, 3.63) is 0 Å². The lowest BCUT2D eigenvalue weighted by atomic mass is 9.96. The summed E-state index contributed by atoms with van der Waals surface area (Å²) in [5.41, 5.74) is 0. The molecule has 0 aliphatic rings. The molecule has 0 radical (unpaired) electrons. The Morgan fingerprint density at radius 2 is 0.604 bits per heavy atom. The molecule has 0 spiro atoms. The molecule has 7 nitrogen and oxygen atoms in total. The van der Waals surface area contributed by atoms with Crippen molar-refractivity contribution in [1.82, 2.24) is 0 Å². The molecule has 7 heteroatoms. The zero-order valence-corrected chi connectivity index (χ0v) is 37.1. The average molecular weight is 759 g/mol. The summed E-state index contributed by atoms with van der Waals surface area (Å²) in [6.07, 6.45) is 30.6. The van der Waals surface area contributed by atoms with E-state index in [0.29, 0.717) is 26.4 Å². The van der Waals surface area contributed by atoms with Crippen LogP contribution >= 0.6 is 0 Å². The fraction of sp³-hybridized carbons (Fsp3) is 1.00. The minimum atomic E-state index is -0.760. The summed E-state index contributed by atoms with van der Waals surface area (Å²) < 4.78 is 46.7. The highest BCUT2D eigenvalue weighted by Gasteiger charge is 2.43. The van der Waals surface area contributed by atoms with Gasteiger partial charge < -0.3 is 33.2 Å². The standard InChI is InChI=1S/C46H94O7/c1-9-17-25-27-29-31-33-43(45(35-19-11-3,50-37-21-13-5)51-38-22-14-6)48-41-47-42-49-44(34-32-30-28-26-18-10-2)46(36-20-12-4,52-39-23-15-7)53-40-24-16-8/h43-44H,9-42H2,1-8H3. The highest BCUT2D eigenvalue weighted by atomic mass is 16.8. The Morgan fingerprint density at radius 1 is 0.321 bits per heavy atom. The predicted molar refractivity (Wildman–Crippen MR) is 225 cm³/mol. The van der Waals surface area contributed by atoms with Crippen LogP contribution < -0.4 is 0 Å². The molecule has 0 amide bonds. The third kappa shape index (κ3) is 26.3. The lowest BCUT2D eigenvalue weighted by Crippen LogP contribution is -2.50. The molecule has 0 aliphatic heterocycles. The molecule has 0 fully saturated rings. The third-order valence-corrected chi connectivity index (χ3v) is 10.5. The summed E-state index contributed by atoms with van der Waals surface area (Å²) in [5, 5.41) is 0. The molecule has 2 atom stereocenters. The van der Waals surface area contributed by atoms with Crippen molar-refractivity contribution in [1.29, 1.82) is 0 Å². The van der Waals surface area contributed by atoms with Gasteiger partial charge in [-0.3, -0.25) is 0 Å². The van der Waals surface area contributed by atoms with Gasteiger partial charge in [-0.25, -0.2) is 0 Å². The molecule has 0 aromatic carbocycles. The third-order valence-electron chi connectivity index (χ3n) is 10.5. The Labute approximate surface area is 331 Å². The Bertz CT molecular complexity index is 642. The number of hydrogen-bond acceptors (Lipinski definition) is 7. The van der Waals surface area contributed by atoms with Gasteiger partial charge in [-0.15, -0.1) is 0 Å². The minimum Gasteiger partial charge on any atom is -0.347 e. The van der Waals surface area contributed by atoms with Gasteiger partial charge in [-0.05, 0) is 51.4 Å². The fourth-order valence-electron chi connectivity index (χ4n) is 6.84. The summed E-state index contributed by atoms with van der Waals surface area (Å²) >= 11 is 0. The van der Waals surface area contributed by atoms with Gasteiger partial charge in [0.05, 0.1) is 26.4 Å². The molecule has 0 aromatic rings. The summed E-state index contributed by atoms with van der Waals surface area (Å²) in [7, 11) is 0. The van der Waals surface area contributed by atoms with Crippen LogP contribution in [0.25, 0.3) is 0 Å². The first-order chi connectivity index (χ1) is 26.0. The molecule has 0 saturated carbocycles. The van der Waals surface area contributed by atoms with Gasteiger partial charge in [0.1, 0.15) is 25.8 Å². The second kappa shape index (κ2) is 38.6. The smallest absolute Gasteiger partial charge is 0.194 e. The van der Waals surface area contributed by atoms with Crippen LogP contribution in [0.4, 0.5) is 0 Å². The SMILES string of the molecule is CCCCCCCCC(OCOCOC(CCCCCCCC)C(CCCC)(OCCCC)OCCCC)C(CCCC)(OCCCC)OCCCC. The molecule has 0 aromatic heterocycles. The zero-order chi connectivity index (χ0) is 39.1. The Hall–Kier alpha value is -0.280. The van der Waals surface area contributed by atoms with Crippen molar-refractivity contribution in [2.45, 2.75) is 259 Å². The molecule has 0 heterocycles. The van der Waals surface area contributed by atoms with E-state index in [0.717, 1.165) is 116 Å². The van der Waals surface area contributed by atoms with Gasteiger partial charge in [-0.1, -0.05) is 171 Å². The van der Waals surface area contributed by atoms with Crippen LogP contribution in [0.5, 0.6) is 0 Å². The number of hydrogen-bond donors (Lipinski definition) is 0. The first-order valence-corrected chi connectivity index (χ1v) is 23.4. The summed E-state index contributed by atoms with van der Waals surface area (Å²) in [4.78, 5) is 0. The number of ether oxygens (including phenoxy) is 7. The van der Waals surface area contributed by atoms with Crippen molar-refractivity contribution < 1.29 is 33.2 Å². The van der Waals surface area contributed by atoms with Gasteiger partial charge in [-0.2, -0.15) is 0 Å². The second-order valence-electron chi connectivity index (χ2n) is 15.5. The van der Waals surface area contributed by atoms with Crippen LogP contribution in [0.15, 0.2) is 0 Å². The molecule has 0 saturated heterocycles. The molecule has 320 valence electrons. The molecule has 0 bridgehead atoms. The lowest BCUT2D eigenvalue weighted by molar-refractivity contribution is -0.324. The Morgan fingerprint density at radius 3 is 0.906 bits per heavy atom. The molecule has 53 heavy (non-hydrogen) atoms. The van der Waals surface area contributed by atoms with E-state index >= 15 is 0 Å². The first kappa shape index (κ1) is 52.7. The van der Waals surface area contributed by atoms with Gasteiger partial charge in [0.2, 0.25) is 0 Å². The zero-order valence-electron chi connectivity index (χ0n) is 37.1. The molecule has 0 aliphatic carbocycles. The number of rotatable bonds is 44. The molecule has 0 rings (SSSR count). The lowest BCUT2D eigenvalue weighted by Gasteiger charge is -2.41. The summed E-state index contributed by atoms with van der Waals surface area (Å²) in [6.45, 7) is 20.9. The monoisotopic (exact) mass is 759 g/mol.